The molecule has 0 radical (unpaired) electrons. The van der Waals surface area contributed by atoms with Crippen molar-refractivity contribution in [3.63, 3.8) is 0 Å². The normalized spacial score (nSPS) is 13.7. The zero-order valence-corrected chi connectivity index (χ0v) is 14.8. The van der Waals surface area contributed by atoms with Crippen molar-refractivity contribution in [2.24, 2.45) is 0 Å². The van der Waals surface area contributed by atoms with E-state index in [-0.39, 0.29) is 7.92 Å². The molecule has 0 fully saturated rings. The lowest BCUT2D eigenvalue weighted by molar-refractivity contribution is 0.562. The quantitative estimate of drug-likeness (QED) is 0.565. The van der Waals surface area contributed by atoms with Gasteiger partial charge in [0.1, 0.15) is 0 Å². The first-order valence-electron chi connectivity index (χ1n) is 6.97. The van der Waals surface area contributed by atoms with Crippen LogP contribution >= 0.6 is 15.1 Å². The Labute approximate surface area is 110 Å². The van der Waals surface area contributed by atoms with Gasteiger partial charge in [-0.15, -0.1) is 7.92 Å². The highest BCUT2D eigenvalue weighted by atomic mass is 31.2. The lowest BCUT2D eigenvalue weighted by Crippen LogP contribution is -2.16. The van der Waals surface area contributed by atoms with E-state index in [9.17, 15) is 4.57 Å². The molecule has 0 atom stereocenters. The van der Waals surface area contributed by atoms with Gasteiger partial charge in [0.25, 0.3) is 0 Å². The monoisotopic (exact) mass is 278 g/mol. The maximum Gasteiger partial charge on any atom is 0.0928 e. The highest BCUT2D eigenvalue weighted by molar-refractivity contribution is 7.67. The first kappa shape index (κ1) is 17.7. The molecule has 1 nitrogen and oxygen atoms in total. The standard InChI is InChI=1S/C14H32OP2/c1-11(2)16(12(3)4)9-10-17(15,13(5)6)14(7)8/h11-14H,9-10H2,1-8H3. The van der Waals surface area contributed by atoms with E-state index in [0.29, 0.717) is 11.3 Å². The van der Waals surface area contributed by atoms with Crippen molar-refractivity contribution >= 4 is 15.1 Å². The molecule has 3 heteroatoms. The average Bonchev–Trinajstić information content (AvgIpc) is 2.15. The molecule has 0 aromatic rings. The minimum atomic E-state index is -1.98. The fourth-order valence-electron chi connectivity index (χ4n) is 2.50. The van der Waals surface area contributed by atoms with Gasteiger partial charge in [-0.05, 0) is 17.5 Å². The van der Waals surface area contributed by atoms with E-state index in [2.05, 4.69) is 55.4 Å². The Balaban J connectivity index is 4.66. The molecule has 0 saturated heterocycles. The summed E-state index contributed by atoms with van der Waals surface area (Å²) in [5.74, 6) is 0. The van der Waals surface area contributed by atoms with Crippen LogP contribution in [0.3, 0.4) is 0 Å². The van der Waals surface area contributed by atoms with Crippen LogP contribution in [0.1, 0.15) is 55.4 Å². The number of hydrogen-bond acceptors (Lipinski definition) is 1. The molecule has 0 spiro atoms. The van der Waals surface area contributed by atoms with Gasteiger partial charge in [-0.3, -0.25) is 0 Å². The molecule has 0 bridgehead atoms. The Hall–Kier alpha value is 0.660. The largest absolute Gasteiger partial charge is 0.323 e. The van der Waals surface area contributed by atoms with Gasteiger partial charge in [0, 0.05) is 17.5 Å². The van der Waals surface area contributed by atoms with E-state index in [1.165, 1.54) is 6.16 Å². The van der Waals surface area contributed by atoms with Crippen LogP contribution < -0.4 is 0 Å². The van der Waals surface area contributed by atoms with Crippen molar-refractivity contribution in [2.75, 3.05) is 12.3 Å². The molecule has 0 aliphatic heterocycles. The summed E-state index contributed by atoms with van der Waals surface area (Å²) >= 11 is 0. The van der Waals surface area contributed by atoms with Crippen molar-refractivity contribution in [1.82, 2.24) is 0 Å². The van der Waals surface area contributed by atoms with E-state index in [1.807, 2.05) is 0 Å². The second-order valence-corrected chi connectivity index (χ2v) is 14.0. The van der Waals surface area contributed by atoms with Gasteiger partial charge in [-0.2, -0.15) is 0 Å². The fraction of sp³-hybridized carbons (Fsp3) is 1.00. The lowest BCUT2D eigenvalue weighted by Gasteiger charge is -2.31. The average molecular weight is 278 g/mol. The van der Waals surface area contributed by atoms with Gasteiger partial charge >= 0.3 is 0 Å². The number of rotatable bonds is 7. The minimum absolute atomic E-state index is 0.0352. The predicted molar refractivity (Wildman–Crippen MR) is 84.8 cm³/mol. The Morgan fingerprint density at radius 2 is 1.18 bits per heavy atom. The van der Waals surface area contributed by atoms with Gasteiger partial charge in [-0.1, -0.05) is 55.4 Å². The smallest absolute Gasteiger partial charge is 0.0928 e. The van der Waals surface area contributed by atoms with Gasteiger partial charge < -0.3 is 4.57 Å². The van der Waals surface area contributed by atoms with Crippen LogP contribution in [0.15, 0.2) is 0 Å². The number of hydrogen-bond donors (Lipinski definition) is 0. The molecule has 0 unspecified atom stereocenters. The van der Waals surface area contributed by atoms with Crippen LogP contribution in [0.25, 0.3) is 0 Å². The van der Waals surface area contributed by atoms with Crippen molar-refractivity contribution < 1.29 is 4.57 Å². The highest BCUT2D eigenvalue weighted by Crippen LogP contribution is 2.58. The summed E-state index contributed by atoms with van der Waals surface area (Å²) in [4.78, 5) is 0. The molecule has 0 amide bonds. The van der Waals surface area contributed by atoms with Gasteiger partial charge in [0.2, 0.25) is 0 Å². The van der Waals surface area contributed by atoms with Crippen LogP contribution in [0, 0.1) is 0 Å². The summed E-state index contributed by atoms with van der Waals surface area (Å²) in [7, 11) is -1.95. The SMILES string of the molecule is CC(C)P(CCP(=O)(C(C)C)C(C)C)C(C)C. The Bertz CT molecular complexity index is 237. The van der Waals surface area contributed by atoms with Crippen LogP contribution in [-0.2, 0) is 4.57 Å². The highest BCUT2D eigenvalue weighted by Gasteiger charge is 2.31. The van der Waals surface area contributed by atoms with E-state index in [0.717, 1.165) is 17.5 Å². The first-order chi connectivity index (χ1) is 7.62. The summed E-state index contributed by atoms with van der Waals surface area (Å²) in [6.45, 7) is 17.8. The molecule has 0 aromatic carbocycles. The first-order valence-corrected chi connectivity index (χ1v) is 10.7. The van der Waals surface area contributed by atoms with Gasteiger partial charge in [0.05, 0.1) is 7.14 Å². The zero-order valence-electron chi connectivity index (χ0n) is 13.0. The van der Waals surface area contributed by atoms with Crippen molar-refractivity contribution in [1.29, 1.82) is 0 Å². The third-order valence-electron chi connectivity index (χ3n) is 3.78. The van der Waals surface area contributed by atoms with E-state index >= 15 is 0 Å². The topological polar surface area (TPSA) is 17.1 Å². The third kappa shape index (κ3) is 5.04. The van der Waals surface area contributed by atoms with Crippen molar-refractivity contribution in [3.05, 3.63) is 0 Å². The van der Waals surface area contributed by atoms with E-state index < -0.39 is 7.14 Å². The Morgan fingerprint density at radius 1 is 0.824 bits per heavy atom. The maximum atomic E-state index is 13.0. The molecule has 0 aliphatic rings. The molecule has 0 N–H and O–H groups in total. The second-order valence-electron chi connectivity index (χ2n) is 6.19. The van der Waals surface area contributed by atoms with Crippen LogP contribution in [0.4, 0.5) is 0 Å². The molecule has 17 heavy (non-hydrogen) atoms. The van der Waals surface area contributed by atoms with Crippen molar-refractivity contribution in [2.45, 2.75) is 78.0 Å². The lowest BCUT2D eigenvalue weighted by atomic mass is 10.5. The molecular weight excluding hydrogens is 246 g/mol. The summed E-state index contributed by atoms with van der Waals surface area (Å²) in [6, 6.07) is 0. The molecule has 0 aromatic heterocycles. The van der Waals surface area contributed by atoms with Crippen LogP contribution in [0.2, 0.25) is 0 Å². The summed E-state index contributed by atoms with van der Waals surface area (Å²) in [6.07, 6.45) is 2.16. The molecule has 0 rings (SSSR count). The van der Waals surface area contributed by atoms with E-state index in [1.54, 1.807) is 0 Å². The summed E-state index contributed by atoms with van der Waals surface area (Å²) in [5.41, 5.74) is 2.22. The molecular formula is C14H32OP2. The maximum absolute atomic E-state index is 13.0. The second kappa shape index (κ2) is 7.30. The molecule has 0 saturated carbocycles. The third-order valence-corrected chi connectivity index (χ3v) is 11.9. The molecule has 0 heterocycles. The van der Waals surface area contributed by atoms with Gasteiger partial charge in [-0.25, -0.2) is 0 Å². The van der Waals surface area contributed by atoms with Crippen LogP contribution in [0.5, 0.6) is 0 Å². The predicted octanol–water partition coefficient (Wildman–Crippen LogP) is 5.47. The summed E-state index contributed by atoms with van der Waals surface area (Å²) < 4.78 is 13.0. The Kier molecular flexibility index (Phi) is 7.58. The molecule has 104 valence electrons. The Morgan fingerprint density at radius 3 is 1.41 bits per heavy atom. The summed E-state index contributed by atoms with van der Waals surface area (Å²) in [5, 5.41) is 0. The molecule has 0 aliphatic carbocycles. The fourth-order valence-corrected chi connectivity index (χ4v) is 9.12. The van der Waals surface area contributed by atoms with Crippen LogP contribution in [-0.4, -0.2) is 35.0 Å². The van der Waals surface area contributed by atoms with Crippen molar-refractivity contribution in [3.8, 4) is 0 Å². The van der Waals surface area contributed by atoms with E-state index in [4.69, 9.17) is 0 Å². The zero-order chi connectivity index (χ0) is 13.8. The van der Waals surface area contributed by atoms with Gasteiger partial charge in [0.15, 0.2) is 0 Å². The minimum Gasteiger partial charge on any atom is -0.323 e.